The van der Waals surface area contributed by atoms with Crippen LogP contribution in [-0.2, 0) is 4.79 Å². The maximum absolute atomic E-state index is 13.2. The van der Waals surface area contributed by atoms with E-state index in [2.05, 4.69) is 17.4 Å². The van der Waals surface area contributed by atoms with Crippen LogP contribution in [0.15, 0.2) is 11.0 Å². The smallest absolute Gasteiger partial charge is 0.311 e. The lowest BCUT2D eigenvalue weighted by molar-refractivity contribution is -0.134. The first-order chi connectivity index (χ1) is 7.47. The van der Waals surface area contributed by atoms with Crippen LogP contribution >= 0.6 is 12.6 Å². The number of thiol groups is 1. The number of halogens is 4. The number of carbonyl (C=O) groups is 1. The minimum Gasteiger partial charge on any atom is -0.423 e. The summed E-state index contributed by atoms with van der Waals surface area (Å²) < 4.78 is 43.6. The Bertz CT molecular complexity index is 431. The van der Waals surface area contributed by atoms with Crippen LogP contribution in [0.25, 0.3) is 0 Å². The molecule has 0 amide bonds. The lowest BCUT2D eigenvalue weighted by Crippen LogP contribution is -2.09. The topological polar surface area (TPSA) is 121 Å². The maximum atomic E-state index is 13.2. The fraction of sp³-hybridized carbons (Fsp3) is 0.300. The summed E-state index contributed by atoms with van der Waals surface area (Å²) in [6, 6.07) is 0.592. The van der Waals surface area contributed by atoms with Gasteiger partial charge in [-0.3, -0.25) is 9.50 Å². The van der Waals surface area contributed by atoms with Crippen molar-refractivity contribution in [2.75, 3.05) is 0 Å². The first kappa shape index (κ1) is 27.1. The SMILES string of the molecule is CCCC(=O)Oc1cc(F)c(S)c(F)c1F.F.O.O.O. The molecule has 6 N–H and O–H groups in total. The maximum Gasteiger partial charge on any atom is 0.311 e. The second-order valence-electron chi connectivity index (χ2n) is 3.06. The molecule has 5 nitrogen and oxygen atoms in total. The Morgan fingerprint density at radius 2 is 1.70 bits per heavy atom. The van der Waals surface area contributed by atoms with Crippen molar-refractivity contribution in [3.63, 3.8) is 0 Å². The highest BCUT2D eigenvalue weighted by Gasteiger charge is 2.19. The van der Waals surface area contributed by atoms with Gasteiger partial charge in [0.2, 0.25) is 5.82 Å². The van der Waals surface area contributed by atoms with Gasteiger partial charge in [-0.15, -0.1) is 12.6 Å². The van der Waals surface area contributed by atoms with Gasteiger partial charge >= 0.3 is 5.97 Å². The van der Waals surface area contributed by atoms with Crippen molar-refractivity contribution < 1.29 is 43.8 Å². The minimum absolute atomic E-state index is 0. The highest BCUT2D eigenvalue weighted by molar-refractivity contribution is 7.80. The first-order valence-electron chi connectivity index (χ1n) is 4.54. The Kier molecular flexibility index (Phi) is 15.5. The van der Waals surface area contributed by atoms with E-state index in [9.17, 15) is 18.0 Å². The van der Waals surface area contributed by atoms with Crippen LogP contribution in [0, 0.1) is 17.5 Å². The molecule has 0 aliphatic carbocycles. The molecule has 1 aromatic carbocycles. The third-order valence-corrected chi connectivity index (χ3v) is 2.19. The van der Waals surface area contributed by atoms with E-state index in [0.717, 1.165) is 0 Å². The summed E-state index contributed by atoms with van der Waals surface area (Å²) in [5, 5.41) is 0. The molecule has 0 bridgehead atoms. The number of rotatable bonds is 3. The third kappa shape index (κ3) is 6.19. The first-order valence-corrected chi connectivity index (χ1v) is 4.99. The van der Waals surface area contributed by atoms with Gasteiger partial charge < -0.3 is 21.2 Å². The average Bonchev–Trinajstić information content (AvgIpc) is 2.23. The molecule has 0 fully saturated rings. The molecule has 10 heteroatoms. The van der Waals surface area contributed by atoms with Gasteiger partial charge in [0.05, 0.1) is 4.90 Å². The zero-order chi connectivity index (χ0) is 12.3. The number of carbonyl (C=O) groups excluding carboxylic acids is 1. The Labute approximate surface area is 117 Å². The largest absolute Gasteiger partial charge is 0.423 e. The van der Waals surface area contributed by atoms with Crippen molar-refractivity contribution in [3.8, 4) is 5.75 Å². The molecule has 0 aliphatic rings. The summed E-state index contributed by atoms with van der Waals surface area (Å²) >= 11 is 3.43. The fourth-order valence-electron chi connectivity index (χ4n) is 1.02. The van der Waals surface area contributed by atoms with Gasteiger partial charge in [0.1, 0.15) is 5.82 Å². The quantitative estimate of drug-likeness (QED) is 0.290. The molecule has 20 heavy (non-hydrogen) atoms. The van der Waals surface area contributed by atoms with Gasteiger partial charge in [-0.05, 0) is 6.42 Å². The molecule has 0 radical (unpaired) electrons. The van der Waals surface area contributed by atoms with E-state index in [4.69, 9.17) is 0 Å². The predicted molar refractivity (Wildman–Crippen MR) is 67.5 cm³/mol. The Morgan fingerprint density at radius 1 is 1.20 bits per heavy atom. The van der Waals surface area contributed by atoms with Crippen molar-refractivity contribution in [1.82, 2.24) is 0 Å². The normalized spacial score (nSPS) is 8.25. The third-order valence-electron chi connectivity index (χ3n) is 1.78. The Balaban J connectivity index is -0.000000320. The van der Waals surface area contributed by atoms with E-state index in [1.54, 1.807) is 6.92 Å². The monoisotopic (exact) mass is 324 g/mol. The van der Waals surface area contributed by atoms with Crippen LogP contribution in [0.5, 0.6) is 5.75 Å². The summed E-state index contributed by atoms with van der Waals surface area (Å²) in [6.45, 7) is 1.72. The van der Waals surface area contributed by atoms with Gasteiger partial charge in [-0.2, -0.15) is 4.39 Å². The number of hydrogen-bond acceptors (Lipinski definition) is 3. The standard InChI is InChI=1S/C10H9F3O2S.FH.3H2O/c1-2-3-7(14)15-6-4-5(11)10(16)9(13)8(6)12;;;;/h4,16H,2-3H2,1H3;1H;3*1H2. The molecule has 1 aromatic rings. The van der Waals surface area contributed by atoms with Crippen LogP contribution in [-0.4, -0.2) is 22.4 Å². The van der Waals surface area contributed by atoms with Crippen LogP contribution < -0.4 is 4.74 Å². The highest BCUT2D eigenvalue weighted by Crippen LogP contribution is 2.28. The molecule has 0 saturated heterocycles. The van der Waals surface area contributed by atoms with Gasteiger partial charge in [-0.1, -0.05) is 6.92 Å². The lowest BCUT2D eigenvalue weighted by atomic mass is 10.3. The molecular formula is C10H16F4O5S. The van der Waals surface area contributed by atoms with Crippen molar-refractivity contribution in [2.24, 2.45) is 0 Å². The number of benzene rings is 1. The van der Waals surface area contributed by atoms with Crippen LogP contribution in [0.2, 0.25) is 0 Å². The Morgan fingerprint density at radius 3 is 2.15 bits per heavy atom. The summed E-state index contributed by atoms with van der Waals surface area (Å²) in [6.07, 6.45) is 0.543. The highest BCUT2D eigenvalue weighted by atomic mass is 32.1. The van der Waals surface area contributed by atoms with Crippen LogP contribution in [0.4, 0.5) is 17.9 Å². The number of hydrogen-bond donors (Lipinski definition) is 1. The van der Waals surface area contributed by atoms with Gasteiger partial charge in [-0.25, -0.2) is 8.78 Å². The second-order valence-corrected chi connectivity index (χ2v) is 3.50. The molecule has 0 saturated carbocycles. The molecule has 0 heterocycles. The summed E-state index contributed by atoms with van der Waals surface area (Å²) in [5.74, 6) is -5.47. The van der Waals surface area contributed by atoms with Gasteiger partial charge in [0, 0.05) is 12.5 Å². The van der Waals surface area contributed by atoms with Crippen molar-refractivity contribution in [1.29, 1.82) is 0 Å². The molecule has 0 spiro atoms. The van der Waals surface area contributed by atoms with Crippen molar-refractivity contribution in [2.45, 2.75) is 24.7 Å². The number of esters is 1. The molecular weight excluding hydrogens is 308 g/mol. The van der Waals surface area contributed by atoms with E-state index in [-0.39, 0.29) is 27.6 Å². The molecule has 1 rings (SSSR count). The fourth-order valence-corrected chi connectivity index (χ4v) is 1.18. The summed E-state index contributed by atoms with van der Waals surface area (Å²) in [4.78, 5) is 10.3. The summed E-state index contributed by atoms with van der Waals surface area (Å²) in [5.41, 5.74) is 0. The molecule has 0 unspecified atom stereocenters. The van der Waals surface area contributed by atoms with E-state index >= 15 is 0 Å². The van der Waals surface area contributed by atoms with E-state index in [1.807, 2.05) is 0 Å². The number of ether oxygens (including phenoxy) is 1. The van der Waals surface area contributed by atoms with E-state index in [0.29, 0.717) is 12.5 Å². The molecule has 0 atom stereocenters. The average molecular weight is 324 g/mol. The predicted octanol–water partition coefficient (Wildman–Crippen LogP) is 0.777. The van der Waals surface area contributed by atoms with Crippen LogP contribution in [0.3, 0.4) is 0 Å². The van der Waals surface area contributed by atoms with E-state index < -0.39 is 34.1 Å². The Hall–Kier alpha value is -1.36. The van der Waals surface area contributed by atoms with Gasteiger partial charge in [0.25, 0.3) is 0 Å². The lowest BCUT2D eigenvalue weighted by Gasteiger charge is -2.07. The minimum atomic E-state index is -1.47. The van der Waals surface area contributed by atoms with Gasteiger partial charge in [0.15, 0.2) is 11.6 Å². The van der Waals surface area contributed by atoms with Crippen molar-refractivity contribution >= 4 is 18.6 Å². The molecule has 0 aliphatic heterocycles. The van der Waals surface area contributed by atoms with Crippen molar-refractivity contribution in [3.05, 3.63) is 23.5 Å². The zero-order valence-corrected chi connectivity index (χ0v) is 11.2. The van der Waals surface area contributed by atoms with E-state index in [1.165, 1.54) is 0 Å². The van der Waals surface area contributed by atoms with Crippen LogP contribution in [0.1, 0.15) is 19.8 Å². The second kappa shape index (κ2) is 11.5. The molecule has 120 valence electrons. The molecule has 0 aromatic heterocycles. The summed E-state index contributed by atoms with van der Waals surface area (Å²) in [7, 11) is 0. The zero-order valence-electron chi connectivity index (χ0n) is 10.3.